The van der Waals surface area contributed by atoms with Crippen molar-refractivity contribution >= 4 is 0 Å². The highest BCUT2D eigenvalue weighted by Crippen LogP contribution is 2.14. The lowest BCUT2D eigenvalue weighted by Crippen LogP contribution is -2.21. The lowest BCUT2D eigenvalue weighted by atomic mass is 10.2. The minimum atomic E-state index is -0.614. The summed E-state index contributed by atoms with van der Waals surface area (Å²) in [4.78, 5) is 0. The Bertz CT molecular complexity index is 517. The molecule has 0 amide bonds. The van der Waals surface area contributed by atoms with Crippen molar-refractivity contribution in [3.8, 4) is 0 Å². The van der Waals surface area contributed by atoms with Crippen molar-refractivity contribution in [2.45, 2.75) is 40.0 Å². The molecule has 2 rings (SSSR count). The lowest BCUT2D eigenvalue weighted by molar-refractivity contribution is 0.147. The minimum Gasteiger partial charge on any atom is -0.467 e. The minimum absolute atomic E-state index is 0.462. The van der Waals surface area contributed by atoms with E-state index in [1.807, 2.05) is 11.6 Å². The summed E-state index contributed by atoms with van der Waals surface area (Å²) in [6.45, 7) is 8.21. The van der Waals surface area contributed by atoms with Gasteiger partial charge in [-0.3, -0.25) is 4.68 Å². The highest BCUT2D eigenvalue weighted by atomic mass is 16.4. The number of hydrogen-bond donors (Lipinski definition) is 2. The summed E-state index contributed by atoms with van der Waals surface area (Å²) in [5.41, 5.74) is 3.42. The summed E-state index contributed by atoms with van der Waals surface area (Å²) in [6, 6.07) is 3.55. The molecule has 0 radical (unpaired) electrons. The zero-order valence-corrected chi connectivity index (χ0v) is 11.7. The first-order valence-electron chi connectivity index (χ1n) is 6.58. The molecule has 0 saturated heterocycles. The Balaban J connectivity index is 1.91. The Labute approximate surface area is 113 Å². The molecule has 0 spiro atoms. The van der Waals surface area contributed by atoms with Gasteiger partial charge in [-0.1, -0.05) is 0 Å². The van der Waals surface area contributed by atoms with E-state index in [-0.39, 0.29) is 0 Å². The Morgan fingerprint density at radius 1 is 1.47 bits per heavy atom. The van der Waals surface area contributed by atoms with Gasteiger partial charge in [0.25, 0.3) is 0 Å². The molecule has 0 aliphatic rings. The Morgan fingerprint density at radius 3 is 2.84 bits per heavy atom. The van der Waals surface area contributed by atoms with Crippen LogP contribution in [0.4, 0.5) is 0 Å². The molecule has 5 heteroatoms. The molecular weight excluding hydrogens is 242 g/mol. The van der Waals surface area contributed by atoms with Gasteiger partial charge in [-0.15, -0.1) is 0 Å². The number of nitrogens with one attached hydrogen (secondary N) is 1. The van der Waals surface area contributed by atoms with Crippen molar-refractivity contribution in [1.29, 1.82) is 0 Å². The number of aryl methyl sites for hydroxylation is 2. The standard InChI is InChI=1S/C14H21N3O2/c1-4-17-11(3)12(10(2)16-17)8-15-9-13(18)14-6-5-7-19-14/h5-7,13,15,18H,4,8-9H2,1-3H3. The first-order chi connectivity index (χ1) is 9.13. The number of aliphatic hydroxyl groups excluding tert-OH is 1. The van der Waals surface area contributed by atoms with Crippen LogP contribution in [0, 0.1) is 13.8 Å². The van der Waals surface area contributed by atoms with Gasteiger partial charge in [-0.25, -0.2) is 0 Å². The van der Waals surface area contributed by atoms with Crippen molar-refractivity contribution in [3.05, 3.63) is 41.1 Å². The smallest absolute Gasteiger partial charge is 0.133 e. The first-order valence-corrected chi connectivity index (χ1v) is 6.58. The Morgan fingerprint density at radius 2 is 2.26 bits per heavy atom. The van der Waals surface area contributed by atoms with Gasteiger partial charge in [0, 0.05) is 30.9 Å². The van der Waals surface area contributed by atoms with E-state index >= 15 is 0 Å². The average molecular weight is 263 g/mol. The SMILES string of the molecule is CCn1nc(C)c(CNCC(O)c2ccco2)c1C. The van der Waals surface area contributed by atoms with Crippen LogP contribution in [0.1, 0.15) is 35.7 Å². The van der Waals surface area contributed by atoms with E-state index in [1.54, 1.807) is 18.4 Å². The fourth-order valence-corrected chi connectivity index (χ4v) is 2.21. The topological polar surface area (TPSA) is 63.2 Å². The predicted molar refractivity (Wildman–Crippen MR) is 72.7 cm³/mol. The normalized spacial score (nSPS) is 12.8. The molecule has 0 bridgehead atoms. The van der Waals surface area contributed by atoms with Gasteiger partial charge in [-0.2, -0.15) is 5.10 Å². The number of rotatable bonds is 6. The third kappa shape index (κ3) is 3.05. The highest BCUT2D eigenvalue weighted by Gasteiger charge is 2.13. The molecule has 0 aromatic carbocycles. The maximum absolute atomic E-state index is 9.90. The average Bonchev–Trinajstić information content (AvgIpc) is 3.01. The van der Waals surface area contributed by atoms with Gasteiger partial charge in [0.15, 0.2) is 0 Å². The van der Waals surface area contributed by atoms with E-state index in [1.165, 1.54) is 11.3 Å². The number of furan rings is 1. The van der Waals surface area contributed by atoms with E-state index in [4.69, 9.17) is 4.42 Å². The second kappa shape index (κ2) is 6.04. The van der Waals surface area contributed by atoms with Crippen LogP contribution in [-0.2, 0) is 13.1 Å². The molecule has 2 N–H and O–H groups in total. The van der Waals surface area contributed by atoms with E-state index in [0.717, 1.165) is 12.2 Å². The van der Waals surface area contributed by atoms with Crippen molar-refractivity contribution in [2.75, 3.05) is 6.54 Å². The molecular formula is C14H21N3O2. The second-order valence-electron chi connectivity index (χ2n) is 4.63. The van der Waals surface area contributed by atoms with Crippen LogP contribution in [0.5, 0.6) is 0 Å². The molecule has 1 unspecified atom stereocenters. The third-order valence-electron chi connectivity index (χ3n) is 3.34. The van der Waals surface area contributed by atoms with Gasteiger partial charge in [0.1, 0.15) is 11.9 Å². The fraction of sp³-hybridized carbons (Fsp3) is 0.500. The largest absolute Gasteiger partial charge is 0.467 e. The molecule has 2 aromatic rings. The van der Waals surface area contributed by atoms with Crippen LogP contribution < -0.4 is 5.32 Å². The van der Waals surface area contributed by atoms with E-state index < -0.39 is 6.10 Å². The Hall–Kier alpha value is -1.59. The van der Waals surface area contributed by atoms with Crippen LogP contribution in [0.2, 0.25) is 0 Å². The van der Waals surface area contributed by atoms with E-state index in [9.17, 15) is 5.11 Å². The maximum atomic E-state index is 9.90. The zero-order chi connectivity index (χ0) is 13.8. The first kappa shape index (κ1) is 13.8. The molecule has 104 valence electrons. The summed E-state index contributed by atoms with van der Waals surface area (Å²) in [7, 11) is 0. The van der Waals surface area contributed by atoms with E-state index in [2.05, 4.69) is 24.3 Å². The maximum Gasteiger partial charge on any atom is 0.133 e. The number of aromatic nitrogens is 2. The summed E-state index contributed by atoms with van der Waals surface area (Å²) in [6.07, 6.45) is 0.954. The summed E-state index contributed by atoms with van der Waals surface area (Å²) in [5.74, 6) is 0.588. The van der Waals surface area contributed by atoms with E-state index in [0.29, 0.717) is 18.8 Å². The summed E-state index contributed by atoms with van der Waals surface area (Å²) in [5, 5.41) is 17.6. The molecule has 2 aromatic heterocycles. The molecule has 19 heavy (non-hydrogen) atoms. The monoisotopic (exact) mass is 263 g/mol. The molecule has 0 saturated carbocycles. The second-order valence-corrected chi connectivity index (χ2v) is 4.63. The lowest BCUT2D eigenvalue weighted by Gasteiger charge is -2.10. The van der Waals surface area contributed by atoms with Gasteiger partial charge >= 0.3 is 0 Å². The number of nitrogens with zero attached hydrogens (tertiary/aromatic N) is 2. The van der Waals surface area contributed by atoms with Crippen LogP contribution in [-0.4, -0.2) is 21.4 Å². The van der Waals surface area contributed by atoms with Crippen LogP contribution in [0.25, 0.3) is 0 Å². The molecule has 0 aliphatic carbocycles. The van der Waals surface area contributed by atoms with Crippen LogP contribution in [0.15, 0.2) is 22.8 Å². The van der Waals surface area contributed by atoms with Gasteiger partial charge < -0.3 is 14.8 Å². The third-order valence-corrected chi connectivity index (χ3v) is 3.34. The summed E-state index contributed by atoms with van der Waals surface area (Å²) < 4.78 is 7.16. The number of aliphatic hydroxyl groups is 1. The van der Waals surface area contributed by atoms with Gasteiger partial charge in [0.05, 0.1) is 12.0 Å². The quantitative estimate of drug-likeness (QED) is 0.836. The van der Waals surface area contributed by atoms with Crippen molar-refractivity contribution in [3.63, 3.8) is 0 Å². The molecule has 0 fully saturated rings. The molecule has 0 aliphatic heterocycles. The Kier molecular flexibility index (Phi) is 4.39. The van der Waals surface area contributed by atoms with Crippen molar-refractivity contribution in [2.24, 2.45) is 0 Å². The summed E-state index contributed by atoms with van der Waals surface area (Å²) >= 11 is 0. The number of hydrogen-bond acceptors (Lipinski definition) is 4. The fourth-order valence-electron chi connectivity index (χ4n) is 2.21. The van der Waals surface area contributed by atoms with Crippen molar-refractivity contribution in [1.82, 2.24) is 15.1 Å². The molecule has 1 atom stereocenters. The molecule has 2 heterocycles. The van der Waals surface area contributed by atoms with Crippen LogP contribution >= 0.6 is 0 Å². The van der Waals surface area contributed by atoms with Crippen molar-refractivity contribution < 1.29 is 9.52 Å². The van der Waals surface area contributed by atoms with Crippen LogP contribution in [0.3, 0.4) is 0 Å². The highest BCUT2D eigenvalue weighted by molar-refractivity contribution is 5.24. The van der Waals surface area contributed by atoms with Gasteiger partial charge in [0.2, 0.25) is 0 Å². The zero-order valence-electron chi connectivity index (χ0n) is 11.7. The predicted octanol–water partition coefficient (Wildman–Crippen LogP) is 1.94. The van der Waals surface area contributed by atoms with Gasteiger partial charge in [-0.05, 0) is 32.9 Å². The molecule has 5 nitrogen and oxygen atoms in total.